The molecule has 0 radical (unpaired) electrons. The van der Waals surface area contributed by atoms with Crippen molar-refractivity contribution in [3.05, 3.63) is 48.6 Å². The molecule has 10 nitrogen and oxygen atoms in total. The Labute approximate surface area is 154 Å². The zero-order chi connectivity index (χ0) is 18.8. The molecule has 136 valence electrons. The van der Waals surface area contributed by atoms with Gasteiger partial charge in [0.1, 0.15) is 11.5 Å². The molecule has 4 aromatic heterocycles. The molecule has 27 heavy (non-hydrogen) atoms. The summed E-state index contributed by atoms with van der Waals surface area (Å²) >= 11 is 0. The van der Waals surface area contributed by atoms with Crippen LogP contribution in [0.1, 0.15) is 24.6 Å². The van der Waals surface area contributed by atoms with Crippen molar-refractivity contribution in [1.29, 1.82) is 0 Å². The van der Waals surface area contributed by atoms with Crippen molar-refractivity contribution in [2.75, 3.05) is 5.32 Å². The third-order valence-corrected chi connectivity index (χ3v) is 3.99. The van der Waals surface area contributed by atoms with Crippen LogP contribution < -0.4 is 15.6 Å². The van der Waals surface area contributed by atoms with Gasteiger partial charge < -0.3 is 14.8 Å². The van der Waals surface area contributed by atoms with Crippen molar-refractivity contribution in [1.82, 2.24) is 30.7 Å². The lowest BCUT2D eigenvalue weighted by atomic mass is 10.1. The lowest BCUT2D eigenvalue weighted by Crippen LogP contribution is -2.38. The number of aromatic nitrogens is 6. The van der Waals surface area contributed by atoms with E-state index in [-0.39, 0.29) is 6.04 Å². The highest BCUT2D eigenvalue weighted by Gasteiger charge is 2.16. The molecule has 4 N–H and O–H groups in total. The Morgan fingerprint density at radius 3 is 3.04 bits per heavy atom. The van der Waals surface area contributed by atoms with Gasteiger partial charge in [-0.25, -0.2) is 4.98 Å². The monoisotopic (exact) mass is 365 g/mol. The Kier molecular flexibility index (Phi) is 4.37. The molecule has 2 atom stereocenters. The molecule has 0 saturated heterocycles. The van der Waals surface area contributed by atoms with E-state index in [0.29, 0.717) is 11.7 Å². The second-order valence-corrected chi connectivity index (χ2v) is 6.03. The fourth-order valence-corrected chi connectivity index (χ4v) is 2.71. The van der Waals surface area contributed by atoms with E-state index >= 15 is 0 Å². The summed E-state index contributed by atoms with van der Waals surface area (Å²) < 4.78 is 5.10. The van der Waals surface area contributed by atoms with Crippen LogP contribution in [-0.4, -0.2) is 36.8 Å². The third kappa shape index (κ3) is 3.55. The van der Waals surface area contributed by atoms with Gasteiger partial charge in [0.2, 0.25) is 12.3 Å². The first-order valence-corrected chi connectivity index (χ1v) is 8.26. The summed E-state index contributed by atoms with van der Waals surface area (Å²) in [6, 6.07) is 5.15. The van der Waals surface area contributed by atoms with Crippen LogP contribution in [0.2, 0.25) is 0 Å². The molecule has 0 amide bonds. The molecule has 0 saturated carbocycles. The Morgan fingerprint density at radius 1 is 1.37 bits per heavy atom. The number of fused-ring (bicyclic) bond motifs is 1. The van der Waals surface area contributed by atoms with Crippen molar-refractivity contribution in [2.45, 2.75) is 26.2 Å². The number of pyridine rings is 1. The first-order chi connectivity index (χ1) is 13.1. The molecule has 2 unspecified atom stereocenters. The highest BCUT2D eigenvalue weighted by atomic mass is 16.4. The van der Waals surface area contributed by atoms with Crippen LogP contribution in [0.3, 0.4) is 0 Å². The molecule has 0 aromatic carbocycles. The van der Waals surface area contributed by atoms with Gasteiger partial charge in [0.25, 0.3) is 0 Å². The molecule has 4 aromatic rings. The Bertz CT molecular complexity index is 1050. The van der Waals surface area contributed by atoms with Crippen LogP contribution in [0, 0.1) is 13.1 Å². The Hall–Kier alpha value is -3.55. The zero-order valence-electron chi connectivity index (χ0n) is 14.6. The minimum Gasteiger partial charge on any atom is -0.426 e. The van der Waals surface area contributed by atoms with E-state index in [2.05, 4.69) is 47.2 Å². The fraction of sp³-hybridized carbons (Fsp3) is 0.235. The number of nitrogens with one attached hydrogen (secondary N) is 3. The van der Waals surface area contributed by atoms with Crippen molar-refractivity contribution in [2.24, 2.45) is 0 Å². The fourth-order valence-electron chi connectivity index (χ4n) is 2.71. The molecule has 0 spiro atoms. The number of hydrogen-bond donors (Lipinski definition) is 4. The SMILES string of the molecule is Cc1cc(-c2n[nH]c3cc(NC(O)NC(C)c4nnco4)ncc23)cc#[n+]1. The molecule has 0 fully saturated rings. The van der Waals surface area contributed by atoms with Gasteiger partial charge in [0.15, 0.2) is 6.35 Å². The van der Waals surface area contributed by atoms with Crippen molar-refractivity contribution >= 4 is 16.7 Å². The van der Waals surface area contributed by atoms with Crippen LogP contribution in [0.15, 0.2) is 35.2 Å². The smallest absolute Gasteiger partial charge is 0.314 e. The normalized spacial score (nSPS) is 13.3. The lowest BCUT2D eigenvalue weighted by molar-refractivity contribution is -0.304. The van der Waals surface area contributed by atoms with Gasteiger partial charge in [0.05, 0.1) is 17.6 Å². The zero-order valence-corrected chi connectivity index (χ0v) is 14.6. The third-order valence-electron chi connectivity index (χ3n) is 3.99. The van der Waals surface area contributed by atoms with Gasteiger partial charge in [-0.15, -0.1) is 10.2 Å². The number of aliphatic hydroxyl groups excluding tert-OH is 1. The quantitative estimate of drug-likeness (QED) is 0.365. The minimum atomic E-state index is -1.06. The molecule has 0 bridgehead atoms. The predicted molar refractivity (Wildman–Crippen MR) is 94.0 cm³/mol. The molecular formula is C17H17N8O2+. The first-order valence-electron chi connectivity index (χ1n) is 8.26. The molecule has 0 aliphatic heterocycles. The number of hydrogen-bond acceptors (Lipinski definition) is 8. The van der Waals surface area contributed by atoms with Crippen molar-refractivity contribution in [3.8, 4) is 11.3 Å². The lowest BCUT2D eigenvalue weighted by Gasteiger charge is -2.18. The minimum absolute atomic E-state index is 0.330. The molecule has 4 heterocycles. The summed E-state index contributed by atoms with van der Waals surface area (Å²) in [4.78, 5) is 8.43. The van der Waals surface area contributed by atoms with E-state index < -0.39 is 6.35 Å². The number of aliphatic hydroxyl groups is 1. The summed E-state index contributed by atoms with van der Waals surface area (Å²) in [5.74, 6) is 0.856. The maximum absolute atomic E-state index is 10.2. The first kappa shape index (κ1) is 16.9. The van der Waals surface area contributed by atoms with E-state index in [1.54, 1.807) is 25.3 Å². The van der Waals surface area contributed by atoms with Crippen molar-refractivity contribution < 1.29 is 14.5 Å². The standard InChI is InChI=1S/C17H16N8O2/c1-9-5-11(3-4-18-9)15-12-7-19-14(6-13(12)23-24-15)22-17(26)21-10(2)16-25-20-8-27-16/h3,5-8,10,17,21,26H,1-2H3,(H,19,22)/p+1. The van der Waals surface area contributed by atoms with Crippen LogP contribution in [0.5, 0.6) is 0 Å². The van der Waals surface area contributed by atoms with Crippen LogP contribution in [0.4, 0.5) is 5.82 Å². The highest BCUT2D eigenvalue weighted by Crippen LogP contribution is 2.26. The average Bonchev–Trinajstić information content (AvgIpc) is 3.31. The van der Waals surface area contributed by atoms with Gasteiger partial charge in [0, 0.05) is 36.2 Å². The van der Waals surface area contributed by atoms with Gasteiger partial charge in [-0.3, -0.25) is 10.4 Å². The van der Waals surface area contributed by atoms with Crippen LogP contribution >= 0.6 is 0 Å². The van der Waals surface area contributed by atoms with Crippen LogP contribution in [0.25, 0.3) is 22.2 Å². The largest absolute Gasteiger partial charge is 0.426 e. The number of nitrogens with zero attached hydrogens (tertiary/aromatic N) is 5. The number of aryl methyl sites for hydroxylation is 1. The molecule has 10 heteroatoms. The average molecular weight is 365 g/mol. The number of rotatable bonds is 6. The second kappa shape index (κ2) is 6.99. The van der Waals surface area contributed by atoms with E-state index in [4.69, 9.17) is 4.42 Å². The van der Waals surface area contributed by atoms with Gasteiger partial charge >= 0.3 is 11.9 Å². The number of aromatic amines is 1. The highest BCUT2D eigenvalue weighted by molar-refractivity contribution is 5.93. The van der Waals surface area contributed by atoms with Gasteiger partial charge in [-0.1, -0.05) is 0 Å². The summed E-state index contributed by atoms with van der Waals surface area (Å²) in [5.41, 5.74) is 3.33. The van der Waals surface area contributed by atoms with E-state index in [1.165, 1.54) is 6.39 Å². The van der Waals surface area contributed by atoms with E-state index in [9.17, 15) is 5.11 Å². The summed E-state index contributed by atoms with van der Waals surface area (Å²) in [5, 5.41) is 31.5. The summed E-state index contributed by atoms with van der Waals surface area (Å²) in [6.45, 7) is 3.70. The molecule has 0 aliphatic rings. The topological polar surface area (TPSA) is 139 Å². The Balaban J connectivity index is 1.51. The summed E-state index contributed by atoms with van der Waals surface area (Å²) in [7, 11) is 0. The molecular weight excluding hydrogens is 348 g/mol. The second-order valence-electron chi connectivity index (χ2n) is 6.03. The molecule has 0 aliphatic carbocycles. The summed E-state index contributed by atoms with van der Waals surface area (Å²) in [6.07, 6.45) is 4.73. The van der Waals surface area contributed by atoms with Gasteiger partial charge in [-0.2, -0.15) is 5.10 Å². The maximum atomic E-state index is 10.2. The van der Waals surface area contributed by atoms with E-state index in [1.807, 2.05) is 13.0 Å². The number of anilines is 1. The van der Waals surface area contributed by atoms with Crippen LogP contribution in [-0.2, 0) is 0 Å². The van der Waals surface area contributed by atoms with Gasteiger partial charge in [-0.05, 0) is 11.9 Å². The predicted octanol–water partition coefficient (Wildman–Crippen LogP) is 0.755. The Morgan fingerprint density at radius 2 is 2.26 bits per heavy atom. The van der Waals surface area contributed by atoms with E-state index in [0.717, 1.165) is 27.9 Å². The number of H-pyrrole nitrogens is 1. The molecule has 4 rings (SSSR count). The maximum Gasteiger partial charge on any atom is 0.314 e. The van der Waals surface area contributed by atoms with Crippen molar-refractivity contribution in [3.63, 3.8) is 0 Å².